The van der Waals surface area contributed by atoms with Crippen molar-refractivity contribution in [3.05, 3.63) is 17.7 Å². The number of hydrogen-bond acceptors (Lipinski definition) is 4. The molecule has 0 saturated carbocycles. The Kier molecular flexibility index (Phi) is 4.09. The van der Waals surface area contributed by atoms with Crippen LogP contribution in [-0.4, -0.2) is 34.0 Å². The Labute approximate surface area is 101 Å². The number of benzene rings is 1. The van der Waals surface area contributed by atoms with Crippen molar-refractivity contribution in [1.82, 2.24) is 5.32 Å². The number of nitrogens with one attached hydrogen (secondary N) is 1. The van der Waals surface area contributed by atoms with Crippen LogP contribution in [0.4, 0.5) is 16.2 Å². The molecule has 0 saturated heterocycles. The van der Waals surface area contributed by atoms with E-state index in [1.807, 2.05) is 32.0 Å². The first-order chi connectivity index (χ1) is 8.01. The minimum Gasteiger partial charge on any atom is -0.408 e. The molecule has 1 aromatic carbocycles. The molecule has 0 aliphatic rings. The zero-order chi connectivity index (χ0) is 13.0. The summed E-state index contributed by atoms with van der Waals surface area (Å²) in [5, 5.41) is 2.39. The van der Waals surface area contributed by atoms with E-state index >= 15 is 0 Å². The standard InChI is InChI=1S/C12H17N3O2/c1-8-9(15(4)5)6-7-10(11(8)13-2)17-12(16)14-3/h6-7H,2H2,1,3-5H3,(H,14,16). The molecule has 92 valence electrons. The summed E-state index contributed by atoms with van der Waals surface area (Å²) in [4.78, 5) is 17.1. The van der Waals surface area contributed by atoms with Crippen LogP contribution in [0.1, 0.15) is 5.56 Å². The zero-order valence-electron chi connectivity index (χ0n) is 10.6. The van der Waals surface area contributed by atoms with Crippen molar-refractivity contribution in [2.45, 2.75) is 6.92 Å². The fraction of sp³-hybridized carbons (Fsp3) is 0.333. The average molecular weight is 235 g/mol. The first kappa shape index (κ1) is 13.0. The monoisotopic (exact) mass is 235 g/mol. The van der Waals surface area contributed by atoms with Crippen LogP contribution in [0.2, 0.25) is 0 Å². The molecule has 5 heteroatoms. The van der Waals surface area contributed by atoms with Crippen LogP contribution in [0, 0.1) is 6.92 Å². The molecular weight excluding hydrogens is 218 g/mol. The van der Waals surface area contributed by atoms with Crippen LogP contribution >= 0.6 is 0 Å². The van der Waals surface area contributed by atoms with Crippen LogP contribution < -0.4 is 15.0 Å². The minimum absolute atomic E-state index is 0.405. The van der Waals surface area contributed by atoms with Gasteiger partial charge in [-0.2, -0.15) is 0 Å². The lowest BCUT2D eigenvalue weighted by atomic mass is 10.1. The number of rotatable bonds is 3. The third-order valence-corrected chi connectivity index (χ3v) is 2.41. The van der Waals surface area contributed by atoms with Crippen LogP contribution in [0.15, 0.2) is 17.1 Å². The number of nitrogens with zero attached hydrogens (tertiary/aromatic N) is 2. The number of amides is 1. The zero-order valence-corrected chi connectivity index (χ0v) is 10.6. The third kappa shape index (κ3) is 2.75. The normalized spacial score (nSPS) is 9.65. The van der Waals surface area contributed by atoms with Gasteiger partial charge < -0.3 is 15.0 Å². The van der Waals surface area contributed by atoms with Crippen LogP contribution in [-0.2, 0) is 0 Å². The summed E-state index contributed by atoms with van der Waals surface area (Å²) in [5.41, 5.74) is 2.52. The quantitative estimate of drug-likeness (QED) is 0.816. The molecule has 17 heavy (non-hydrogen) atoms. The summed E-state index contributed by atoms with van der Waals surface area (Å²) >= 11 is 0. The molecule has 0 unspecified atom stereocenters. The lowest BCUT2D eigenvalue weighted by molar-refractivity contribution is 0.203. The van der Waals surface area contributed by atoms with E-state index in [1.165, 1.54) is 7.05 Å². The largest absolute Gasteiger partial charge is 0.412 e. The average Bonchev–Trinajstić information content (AvgIpc) is 2.28. The molecule has 0 aliphatic heterocycles. The summed E-state index contributed by atoms with van der Waals surface area (Å²) in [6.45, 7) is 5.42. The van der Waals surface area contributed by atoms with E-state index < -0.39 is 6.09 Å². The smallest absolute Gasteiger partial charge is 0.408 e. The number of hydrogen-bond donors (Lipinski definition) is 1. The van der Waals surface area contributed by atoms with Crippen LogP contribution in [0.3, 0.4) is 0 Å². The number of anilines is 1. The van der Waals surface area contributed by atoms with Crippen molar-refractivity contribution in [3.8, 4) is 5.75 Å². The molecule has 0 spiro atoms. The molecule has 1 aromatic rings. The van der Waals surface area contributed by atoms with E-state index in [0.29, 0.717) is 11.4 Å². The summed E-state index contributed by atoms with van der Waals surface area (Å²) in [6, 6.07) is 3.59. The van der Waals surface area contributed by atoms with Gasteiger partial charge in [0.25, 0.3) is 0 Å². The van der Waals surface area contributed by atoms with Gasteiger partial charge in [-0.05, 0) is 25.8 Å². The second kappa shape index (κ2) is 5.34. The van der Waals surface area contributed by atoms with Gasteiger partial charge in [-0.3, -0.25) is 4.99 Å². The van der Waals surface area contributed by atoms with E-state index in [0.717, 1.165) is 11.3 Å². The van der Waals surface area contributed by atoms with Gasteiger partial charge in [-0.15, -0.1) is 0 Å². The van der Waals surface area contributed by atoms with E-state index in [4.69, 9.17) is 4.74 Å². The molecule has 0 atom stereocenters. The Bertz CT molecular complexity index is 442. The van der Waals surface area contributed by atoms with E-state index in [2.05, 4.69) is 17.0 Å². The molecule has 0 bridgehead atoms. The van der Waals surface area contributed by atoms with Crippen LogP contribution in [0.25, 0.3) is 0 Å². The van der Waals surface area contributed by atoms with Gasteiger partial charge in [0, 0.05) is 32.4 Å². The fourth-order valence-corrected chi connectivity index (χ4v) is 1.58. The highest BCUT2D eigenvalue weighted by Crippen LogP contribution is 2.36. The van der Waals surface area contributed by atoms with Gasteiger partial charge in [-0.1, -0.05) is 0 Å². The maximum absolute atomic E-state index is 11.2. The number of carbonyl (C=O) groups excluding carboxylic acids is 1. The number of carbonyl (C=O) groups is 1. The van der Waals surface area contributed by atoms with Gasteiger partial charge in [0.1, 0.15) is 5.69 Å². The van der Waals surface area contributed by atoms with Crippen molar-refractivity contribution >= 4 is 24.2 Å². The van der Waals surface area contributed by atoms with Gasteiger partial charge in [-0.25, -0.2) is 4.79 Å². The predicted octanol–water partition coefficient (Wildman–Crippen LogP) is 2.11. The van der Waals surface area contributed by atoms with Crippen molar-refractivity contribution in [1.29, 1.82) is 0 Å². The second-order valence-electron chi connectivity index (χ2n) is 3.75. The molecule has 0 heterocycles. The maximum Gasteiger partial charge on any atom is 0.412 e. The summed E-state index contributed by atoms with van der Waals surface area (Å²) in [7, 11) is 5.38. The SMILES string of the molecule is C=Nc1c(OC(=O)NC)ccc(N(C)C)c1C. The highest BCUT2D eigenvalue weighted by atomic mass is 16.6. The Morgan fingerprint density at radius 3 is 2.59 bits per heavy atom. The molecule has 1 N–H and O–H groups in total. The molecule has 0 aliphatic carbocycles. The molecule has 0 fully saturated rings. The maximum atomic E-state index is 11.2. The summed E-state index contributed by atoms with van der Waals surface area (Å²) in [6.07, 6.45) is -0.521. The fourth-order valence-electron chi connectivity index (χ4n) is 1.58. The van der Waals surface area contributed by atoms with E-state index in [1.54, 1.807) is 6.07 Å². The Morgan fingerprint density at radius 1 is 1.47 bits per heavy atom. The molecular formula is C12H17N3O2. The Morgan fingerprint density at radius 2 is 2.12 bits per heavy atom. The minimum atomic E-state index is -0.521. The third-order valence-electron chi connectivity index (χ3n) is 2.41. The number of aliphatic imine (C=N–C) groups is 1. The van der Waals surface area contributed by atoms with Gasteiger partial charge in [0.15, 0.2) is 5.75 Å². The second-order valence-corrected chi connectivity index (χ2v) is 3.75. The lowest BCUT2D eigenvalue weighted by Crippen LogP contribution is -2.22. The molecule has 1 amide bonds. The summed E-state index contributed by atoms with van der Waals surface area (Å²) in [5.74, 6) is 0.405. The molecule has 1 rings (SSSR count). The molecule has 5 nitrogen and oxygen atoms in total. The van der Waals surface area contributed by atoms with E-state index in [9.17, 15) is 4.79 Å². The van der Waals surface area contributed by atoms with Gasteiger partial charge in [0.2, 0.25) is 0 Å². The first-order valence-electron chi connectivity index (χ1n) is 5.18. The van der Waals surface area contributed by atoms with Crippen molar-refractivity contribution < 1.29 is 9.53 Å². The molecule has 0 radical (unpaired) electrons. The van der Waals surface area contributed by atoms with Crippen LogP contribution in [0.5, 0.6) is 5.75 Å². The highest BCUT2D eigenvalue weighted by Gasteiger charge is 2.13. The topological polar surface area (TPSA) is 53.9 Å². The van der Waals surface area contributed by atoms with Gasteiger partial charge in [0.05, 0.1) is 0 Å². The van der Waals surface area contributed by atoms with Crippen molar-refractivity contribution in [3.63, 3.8) is 0 Å². The van der Waals surface area contributed by atoms with Crippen molar-refractivity contribution in [2.75, 3.05) is 26.0 Å². The van der Waals surface area contributed by atoms with Gasteiger partial charge >= 0.3 is 6.09 Å². The lowest BCUT2D eigenvalue weighted by Gasteiger charge is -2.18. The highest BCUT2D eigenvalue weighted by molar-refractivity contribution is 5.77. The summed E-state index contributed by atoms with van der Waals surface area (Å²) < 4.78 is 5.10. The van der Waals surface area contributed by atoms with Crippen molar-refractivity contribution in [2.24, 2.45) is 4.99 Å². The number of ether oxygens (including phenoxy) is 1. The Balaban J connectivity index is 3.21. The first-order valence-corrected chi connectivity index (χ1v) is 5.18. The van der Waals surface area contributed by atoms with E-state index in [-0.39, 0.29) is 0 Å². The molecule has 0 aromatic heterocycles. The Hall–Kier alpha value is -2.04. The predicted molar refractivity (Wildman–Crippen MR) is 69.8 cm³/mol.